The van der Waals surface area contributed by atoms with Crippen molar-refractivity contribution in [1.82, 2.24) is 0 Å². The van der Waals surface area contributed by atoms with E-state index in [0.717, 1.165) is 6.07 Å². The van der Waals surface area contributed by atoms with Crippen molar-refractivity contribution in [3.8, 4) is 11.8 Å². The van der Waals surface area contributed by atoms with E-state index in [1.807, 2.05) is 0 Å². The lowest BCUT2D eigenvalue weighted by Gasteiger charge is -2.09. The normalized spacial score (nSPS) is 10.9. The third kappa shape index (κ3) is 5.70. The highest BCUT2D eigenvalue weighted by atomic mass is 19.2. The Hall–Kier alpha value is -3.69. The Bertz CT molecular complexity index is 1430. The molecule has 0 aromatic heterocycles. The van der Waals surface area contributed by atoms with Crippen LogP contribution in [0.5, 0.6) is 0 Å². The molecule has 0 aliphatic heterocycles. The number of halogens is 5. The zero-order valence-corrected chi connectivity index (χ0v) is 18.9. The van der Waals surface area contributed by atoms with Gasteiger partial charge in [-0.05, 0) is 78.2 Å². The van der Waals surface area contributed by atoms with Gasteiger partial charge in [0.05, 0.1) is 12.2 Å². The molecule has 4 aromatic rings. The molecular formula is C29H21F5O. The van der Waals surface area contributed by atoms with Crippen LogP contribution in [0.2, 0.25) is 0 Å². The van der Waals surface area contributed by atoms with Crippen LogP contribution in [0, 0.1) is 40.9 Å². The van der Waals surface area contributed by atoms with E-state index in [0.29, 0.717) is 35.1 Å². The van der Waals surface area contributed by atoms with E-state index < -0.39 is 29.1 Å². The van der Waals surface area contributed by atoms with Crippen LogP contribution in [0.1, 0.15) is 27.8 Å². The van der Waals surface area contributed by atoms with Gasteiger partial charge in [-0.3, -0.25) is 0 Å². The summed E-state index contributed by atoms with van der Waals surface area (Å²) in [6.45, 7) is 0.367. The van der Waals surface area contributed by atoms with Gasteiger partial charge in [0.15, 0.2) is 11.6 Å². The molecule has 4 aromatic carbocycles. The molecule has 0 heterocycles. The second-order valence-electron chi connectivity index (χ2n) is 8.14. The number of aryl methyl sites for hydroxylation is 1. The van der Waals surface area contributed by atoms with Crippen molar-refractivity contribution in [2.24, 2.45) is 0 Å². The van der Waals surface area contributed by atoms with Crippen molar-refractivity contribution in [2.75, 3.05) is 13.7 Å². The smallest absolute Gasteiger partial charge is 0.166 e. The van der Waals surface area contributed by atoms with E-state index in [2.05, 4.69) is 11.8 Å². The Labute approximate surface area is 200 Å². The Balaban J connectivity index is 1.47. The fraction of sp³-hybridized carbons (Fsp3) is 0.172. The van der Waals surface area contributed by atoms with Crippen molar-refractivity contribution in [3.63, 3.8) is 0 Å². The molecule has 0 amide bonds. The largest absolute Gasteiger partial charge is 0.384 e. The minimum Gasteiger partial charge on any atom is -0.384 e. The van der Waals surface area contributed by atoms with Gasteiger partial charge in [0.1, 0.15) is 17.5 Å². The molecule has 0 fully saturated rings. The number of rotatable bonds is 6. The average Bonchev–Trinajstić information content (AvgIpc) is 2.84. The second kappa shape index (κ2) is 10.7. The quantitative estimate of drug-likeness (QED) is 0.215. The summed E-state index contributed by atoms with van der Waals surface area (Å²) in [5, 5.41) is 0.626. The first-order valence-electron chi connectivity index (χ1n) is 11.0. The molecule has 0 atom stereocenters. The molecule has 6 heteroatoms. The predicted molar refractivity (Wildman–Crippen MR) is 126 cm³/mol. The molecule has 0 aliphatic carbocycles. The van der Waals surface area contributed by atoms with Crippen LogP contribution in [0.25, 0.3) is 10.8 Å². The monoisotopic (exact) mass is 480 g/mol. The van der Waals surface area contributed by atoms with Crippen LogP contribution >= 0.6 is 0 Å². The van der Waals surface area contributed by atoms with Gasteiger partial charge in [0.2, 0.25) is 0 Å². The highest BCUT2D eigenvalue weighted by molar-refractivity contribution is 5.84. The average molecular weight is 480 g/mol. The molecule has 178 valence electrons. The van der Waals surface area contributed by atoms with Gasteiger partial charge in [-0.1, -0.05) is 30.0 Å². The SMILES string of the molecule is COCCc1cc(F)c(CCc2ccc(C#Cc3ccc4c(F)c(F)ccc4c3)c(F)c2)c(F)c1. The minimum atomic E-state index is -0.928. The maximum absolute atomic E-state index is 14.6. The number of hydrogen-bond acceptors (Lipinski definition) is 1. The number of methoxy groups -OCH3 is 1. The summed E-state index contributed by atoms with van der Waals surface area (Å²) in [6.07, 6.45) is 0.747. The molecule has 0 spiro atoms. The fourth-order valence-electron chi connectivity index (χ4n) is 3.83. The lowest BCUT2D eigenvalue weighted by Crippen LogP contribution is -2.03. The lowest BCUT2D eigenvalue weighted by molar-refractivity contribution is 0.202. The highest BCUT2D eigenvalue weighted by Crippen LogP contribution is 2.22. The maximum atomic E-state index is 14.6. The van der Waals surface area contributed by atoms with Crippen molar-refractivity contribution >= 4 is 10.8 Å². The molecule has 0 N–H and O–H groups in total. The second-order valence-corrected chi connectivity index (χ2v) is 8.14. The Kier molecular flexibility index (Phi) is 7.48. The van der Waals surface area contributed by atoms with Gasteiger partial charge in [0.25, 0.3) is 0 Å². The molecule has 0 bridgehead atoms. The first-order chi connectivity index (χ1) is 16.9. The van der Waals surface area contributed by atoms with Crippen LogP contribution in [-0.4, -0.2) is 13.7 Å². The number of benzene rings is 4. The maximum Gasteiger partial charge on any atom is 0.166 e. The van der Waals surface area contributed by atoms with Gasteiger partial charge in [-0.2, -0.15) is 0 Å². The molecule has 35 heavy (non-hydrogen) atoms. The van der Waals surface area contributed by atoms with Crippen LogP contribution < -0.4 is 0 Å². The molecule has 0 saturated heterocycles. The predicted octanol–water partition coefficient (Wildman–Crippen LogP) is 6.91. The van der Waals surface area contributed by atoms with E-state index in [4.69, 9.17) is 4.74 Å². The molecule has 4 rings (SSSR count). The Morgan fingerprint density at radius 2 is 1.40 bits per heavy atom. The minimum absolute atomic E-state index is 0.0388. The van der Waals surface area contributed by atoms with Gasteiger partial charge >= 0.3 is 0 Å². The van der Waals surface area contributed by atoms with Crippen molar-refractivity contribution in [2.45, 2.75) is 19.3 Å². The summed E-state index contributed by atoms with van der Waals surface area (Å²) in [5.74, 6) is 1.90. The van der Waals surface area contributed by atoms with E-state index >= 15 is 0 Å². The summed E-state index contributed by atoms with van der Waals surface area (Å²) in [7, 11) is 1.52. The van der Waals surface area contributed by atoms with Gasteiger partial charge in [-0.15, -0.1) is 0 Å². The summed E-state index contributed by atoms with van der Waals surface area (Å²) in [5.41, 5.74) is 1.73. The van der Waals surface area contributed by atoms with Crippen molar-refractivity contribution in [3.05, 3.63) is 118 Å². The molecule has 0 radical (unpaired) electrons. The first-order valence-corrected chi connectivity index (χ1v) is 11.0. The third-order valence-corrected chi connectivity index (χ3v) is 5.74. The molecule has 0 saturated carbocycles. The Morgan fingerprint density at radius 3 is 2.11 bits per heavy atom. The van der Waals surface area contributed by atoms with E-state index in [9.17, 15) is 22.0 Å². The summed E-state index contributed by atoms with van der Waals surface area (Å²) in [4.78, 5) is 0. The van der Waals surface area contributed by atoms with E-state index in [1.54, 1.807) is 12.1 Å². The molecule has 1 nitrogen and oxygen atoms in total. The zero-order valence-electron chi connectivity index (χ0n) is 18.9. The number of hydrogen-bond donors (Lipinski definition) is 0. The summed E-state index contributed by atoms with van der Waals surface area (Å²) < 4.78 is 75.5. The van der Waals surface area contributed by atoms with Crippen molar-refractivity contribution in [1.29, 1.82) is 0 Å². The van der Waals surface area contributed by atoms with Crippen LogP contribution in [-0.2, 0) is 24.0 Å². The van der Waals surface area contributed by atoms with E-state index in [1.165, 1.54) is 49.6 Å². The standard InChI is InChI=1S/C29H21F5O/c1-35-13-12-20-16-27(32)24(28(33)17-20)10-5-19-3-7-21(26(31)15-19)6-2-18-4-9-23-22(14-18)8-11-25(30)29(23)34/h3-4,7-9,11,14-17H,5,10,12-13H2,1H3. The summed E-state index contributed by atoms with van der Waals surface area (Å²) in [6, 6.07) is 14.1. The highest BCUT2D eigenvalue weighted by Gasteiger charge is 2.12. The van der Waals surface area contributed by atoms with Crippen LogP contribution in [0.4, 0.5) is 22.0 Å². The fourth-order valence-corrected chi connectivity index (χ4v) is 3.83. The molecule has 0 aliphatic rings. The van der Waals surface area contributed by atoms with Gasteiger partial charge < -0.3 is 4.74 Å². The molecular weight excluding hydrogens is 459 g/mol. The topological polar surface area (TPSA) is 9.23 Å². The third-order valence-electron chi connectivity index (χ3n) is 5.74. The number of ether oxygens (including phenoxy) is 1. The molecule has 0 unspecified atom stereocenters. The van der Waals surface area contributed by atoms with Gasteiger partial charge in [-0.25, -0.2) is 22.0 Å². The zero-order chi connectivity index (χ0) is 24.9. The Morgan fingerprint density at radius 1 is 0.657 bits per heavy atom. The van der Waals surface area contributed by atoms with E-state index in [-0.39, 0.29) is 29.4 Å². The van der Waals surface area contributed by atoms with Crippen LogP contribution in [0.15, 0.2) is 60.7 Å². The summed E-state index contributed by atoms with van der Waals surface area (Å²) >= 11 is 0. The van der Waals surface area contributed by atoms with Crippen molar-refractivity contribution < 1.29 is 26.7 Å². The van der Waals surface area contributed by atoms with Crippen LogP contribution in [0.3, 0.4) is 0 Å². The lowest BCUT2D eigenvalue weighted by atomic mass is 10.00. The number of fused-ring (bicyclic) bond motifs is 1. The first kappa shape index (κ1) is 24.4. The van der Waals surface area contributed by atoms with Gasteiger partial charge in [0, 0.05) is 23.6 Å².